The Kier molecular flexibility index (Phi) is 6.41. The van der Waals surface area contributed by atoms with Crippen LogP contribution in [0.3, 0.4) is 0 Å². The van der Waals surface area contributed by atoms with Gasteiger partial charge in [0.05, 0.1) is 11.0 Å². The summed E-state index contributed by atoms with van der Waals surface area (Å²) in [5, 5.41) is 3.81. The summed E-state index contributed by atoms with van der Waals surface area (Å²) in [5.41, 5.74) is 3.85. The van der Waals surface area contributed by atoms with Gasteiger partial charge in [0.25, 0.3) is 0 Å². The molecule has 0 radical (unpaired) electrons. The minimum atomic E-state index is -0.374. The van der Waals surface area contributed by atoms with Crippen LogP contribution in [0.4, 0.5) is 0 Å². The Morgan fingerprint density at radius 2 is 1.91 bits per heavy atom. The molecule has 2 heterocycles. The summed E-state index contributed by atoms with van der Waals surface area (Å²) >= 11 is 6.22. The van der Waals surface area contributed by atoms with Crippen LogP contribution in [0.1, 0.15) is 42.8 Å². The number of carbonyl (C=O) groups excluding carboxylic acids is 1. The normalized spacial score (nSPS) is 13.2. The zero-order chi connectivity index (χ0) is 23.5. The lowest BCUT2D eigenvalue weighted by Gasteiger charge is -2.21. The maximum Gasteiger partial charge on any atom is 0.243 e. The molecule has 6 nitrogen and oxygen atoms in total. The minimum absolute atomic E-state index is 0.0324. The molecule has 5 rings (SSSR count). The number of hydrogen-bond donors (Lipinski definition) is 1. The third-order valence-electron chi connectivity index (χ3n) is 6.00. The summed E-state index contributed by atoms with van der Waals surface area (Å²) in [6.45, 7) is 2.73. The third kappa shape index (κ3) is 4.59. The van der Waals surface area contributed by atoms with Crippen LogP contribution in [-0.4, -0.2) is 22.3 Å². The first-order valence-electron chi connectivity index (χ1n) is 11.5. The lowest BCUT2D eigenvalue weighted by molar-refractivity contribution is -0.124. The minimum Gasteiger partial charge on any atom is -0.454 e. The smallest absolute Gasteiger partial charge is 0.243 e. The number of benzene rings is 3. The predicted molar refractivity (Wildman–Crippen MR) is 132 cm³/mol. The molecule has 1 amide bonds. The van der Waals surface area contributed by atoms with E-state index in [0.717, 1.165) is 40.2 Å². The zero-order valence-electron chi connectivity index (χ0n) is 19.0. The van der Waals surface area contributed by atoms with Gasteiger partial charge in [0.2, 0.25) is 12.7 Å². The van der Waals surface area contributed by atoms with Gasteiger partial charge < -0.3 is 19.4 Å². The molecule has 0 saturated heterocycles. The second-order valence-corrected chi connectivity index (χ2v) is 8.84. The fraction of sp³-hybridized carbons (Fsp3) is 0.259. The second kappa shape index (κ2) is 9.77. The highest BCUT2D eigenvalue weighted by Gasteiger charge is 2.25. The van der Waals surface area contributed by atoms with E-state index >= 15 is 0 Å². The lowest BCUT2D eigenvalue weighted by Crippen LogP contribution is -2.33. The first-order valence-corrected chi connectivity index (χ1v) is 11.9. The van der Waals surface area contributed by atoms with E-state index in [4.69, 9.17) is 26.1 Å². The van der Waals surface area contributed by atoms with Gasteiger partial charge in [-0.1, -0.05) is 55.3 Å². The van der Waals surface area contributed by atoms with Crippen LogP contribution >= 0.6 is 11.6 Å². The first-order chi connectivity index (χ1) is 16.6. The number of fused-ring (bicyclic) bond motifs is 2. The molecule has 34 heavy (non-hydrogen) atoms. The molecule has 1 unspecified atom stereocenters. The van der Waals surface area contributed by atoms with Gasteiger partial charge in [0.15, 0.2) is 11.5 Å². The number of halogens is 1. The van der Waals surface area contributed by atoms with E-state index in [1.807, 2.05) is 66.7 Å². The number of rotatable bonds is 8. The van der Waals surface area contributed by atoms with Crippen molar-refractivity contribution in [2.45, 2.75) is 38.8 Å². The summed E-state index contributed by atoms with van der Waals surface area (Å²) in [5.74, 6) is 2.26. The molecule has 1 N–H and O–H groups in total. The van der Waals surface area contributed by atoms with Crippen LogP contribution in [0.5, 0.6) is 11.5 Å². The molecule has 0 spiro atoms. The number of aromatic nitrogens is 2. The first kappa shape index (κ1) is 22.3. The average Bonchev–Trinajstić information content (AvgIpc) is 3.45. The third-order valence-corrected chi connectivity index (χ3v) is 6.24. The number of ether oxygens (including phenoxy) is 2. The SMILES string of the molecule is CCCC(C(=O)NCc1ccc2c(c1)OCO2)n1c(Cc2cccc(Cl)c2)nc2ccccc21. The molecular formula is C27H26ClN3O3. The number of amides is 1. The van der Waals surface area contributed by atoms with Gasteiger partial charge in [-0.3, -0.25) is 4.79 Å². The molecule has 3 aromatic carbocycles. The number of hydrogen-bond acceptors (Lipinski definition) is 4. The fourth-order valence-electron chi connectivity index (χ4n) is 4.41. The van der Waals surface area contributed by atoms with E-state index in [-0.39, 0.29) is 18.7 Å². The number of para-hydroxylation sites is 2. The van der Waals surface area contributed by atoms with Gasteiger partial charge in [-0.15, -0.1) is 0 Å². The van der Waals surface area contributed by atoms with E-state index in [1.54, 1.807) is 0 Å². The van der Waals surface area contributed by atoms with Crippen molar-refractivity contribution in [1.29, 1.82) is 0 Å². The molecule has 0 saturated carbocycles. The van der Waals surface area contributed by atoms with Crippen molar-refractivity contribution in [2.24, 2.45) is 0 Å². The van der Waals surface area contributed by atoms with Crippen molar-refractivity contribution in [3.63, 3.8) is 0 Å². The summed E-state index contributed by atoms with van der Waals surface area (Å²) < 4.78 is 12.9. The summed E-state index contributed by atoms with van der Waals surface area (Å²) in [6, 6.07) is 21.1. The van der Waals surface area contributed by atoms with Crippen LogP contribution < -0.4 is 14.8 Å². The Morgan fingerprint density at radius 1 is 1.06 bits per heavy atom. The van der Waals surface area contributed by atoms with Crippen LogP contribution in [0.15, 0.2) is 66.7 Å². The van der Waals surface area contributed by atoms with Crippen molar-refractivity contribution < 1.29 is 14.3 Å². The van der Waals surface area contributed by atoms with E-state index in [2.05, 4.69) is 16.8 Å². The summed E-state index contributed by atoms with van der Waals surface area (Å²) in [4.78, 5) is 18.4. The maximum absolute atomic E-state index is 13.5. The van der Waals surface area contributed by atoms with Gasteiger partial charge in [-0.05, 0) is 53.9 Å². The number of nitrogens with one attached hydrogen (secondary N) is 1. The monoisotopic (exact) mass is 475 g/mol. The lowest BCUT2D eigenvalue weighted by atomic mass is 10.1. The van der Waals surface area contributed by atoms with E-state index in [9.17, 15) is 4.79 Å². The Balaban J connectivity index is 1.44. The Bertz CT molecular complexity index is 1330. The molecule has 1 aromatic heterocycles. The predicted octanol–water partition coefficient (Wildman–Crippen LogP) is 5.67. The van der Waals surface area contributed by atoms with Crippen molar-refractivity contribution in [1.82, 2.24) is 14.9 Å². The number of imidazole rings is 1. The van der Waals surface area contributed by atoms with E-state index in [1.165, 1.54) is 0 Å². The number of carbonyl (C=O) groups is 1. The van der Waals surface area contributed by atoms with Gasteiger partial charge in [0, 0.05) is 18.0 Å². The molecule has 0 bridgehead atoms. The highest BCUT2D eigenvalue weighted by molar-refractivity contribution is 6.30. The summed E-state index contributed by atoms with van der Waals surface area (Å²) in [7, 11) is 0. The molecule has 1 aliphatic heterocycles. The average molecular weight is 476 g/mol. The quantitative estimate of drug-likeness (QED) is 0.356. The summed E-state index contributed by atoms with van der Waals surface area (Å²) in [6.07, 6.45) is 2.16. The Hall–Kier alpha value is -3.51. The van der Waals surface area contributed by atoms with Crippen LogP contribution in [0, 0.1) is 0 Å². The van der Waals surface area contributed by atoms with E-state index < -0.39 is 0 Å². The molecular weight excluding hydrogens is 450 g/mol. The van der Waals surface area contributed by atoms with Crippen LogP contribution in [0.25, 0.3) is 11.0 Å². The Labute approximate surface area is 203 Å². The molecule has 0 fully saturated rings. The van der Waals surface area contributed by atoms with Crippen LogP contribution in [-0.2, 0) is 17.8 Å². The Morgan fingerprint density at radius 3 is 2.76 bits per heavy atom. The molecule has 174 valence electrons. The largest absolute Gasteiger partial charge is 0.454 e. The zero-order valence-corrected chi connectivity index (χ0v) is 19.7. The molecule has 1 aliphatic rings. The maximum atomic E-state index is 13.5. The van der Waals surface area contributed by atoms with Gasteiger partial charge in [-0.25, -0.2) is 4.98 Å². The molecule has 4 aromatic rings. The molecule has 7 heteroatoms. The highest BCUT2D eigenvalue weighted by atomic mass is 35.5. The van der Waals surface area contributed by atoms with Crippen molar-refractivity contribution in [3.05, 3.63) is 88.7 Å². The molecule has 1 atom stereocenters. The van der Waals surface area contributed by atoms with Gasteiger partial charge >= 0.3 is 0 Å². The van der Waals surface area contributed by atoms with Gasteiger partial charge in [0.1, 0.15) is 11.9 Å². The molecule has 0 aliphatic carbocycles. The fourth-order valence-corrected chi connectivity index (χ4v) is 4.62. The van der Waals surface area contributed by atoms with Crippen molar-refractivity contribution in [3.8, 4) is 11.5 Å². The van der Waals surface area contributed by atoms with Crippen LogP contribution in [0.2, 0.25) is 5.02 Å². The number of nitrogens with zero attached hydrogens (tertiary/aromatic N) is 2. The topological polar surface area (TPSA) is 65.4 Å². The standard InChI is InChI=1S/C27H26ClN3O3/c1-2-6-23(27(32)29-16-19-11-12-24-25(14-19)34-17-33-24)31-22-10-4-3-9-21(22)30-26(31)15-18-7-5-8-20(28)13-18/h3-5,7-14,23H,2,6,15-17H2,1H3,(H,29,32). The van der Waals surface area contributed by atoms with Crippen molar-refractivity contribution in [2.75, 3.05) is 6.79 Å². The van der Waals surface area contributed by atoms with Gasteiger partial charge in [-0.2, -0.15) is 0 Å². The van der Waals surface area contributed by atoms with Crippen molar-refractivity contribution >= 4 is 28.5 Å². The van der Waals surface area contributed by atoms with E-state index in [0.29, 0.717) is 30.2 Å². The second-order valence-electron chi connectivity index (χ2n) is 8.40. The highest BCUT2D eigenvalue weighted by Crippen LogP contribution is 2.32.